The van der Waals surface area contributed by atoms with E-state index in [1.165, 1.54) is 12.1 Å². The van der Waals surface area contributed by atoms with Crippen molar-refractivity contribution in [2.45, 2.75) is 18.7 Å². The van der Waals surface area contributed by atoms with Crippen molar-refractivity contribution >= 4 is 21.7 Å². The summed E-state index contributed by atoms with van der Waals surface area (Å²) in [6.07, 6.45) is 0. The van der Waals surface area contributed by atoms with E-state index in [9.17, 15) is 8.42 Å². The molecular weight excluding hydrogens is 284 g/mol. The summed E-state index contributed by atoms with van der Waals surface area (Å²) in [5, 5.41) is 3.50. The molecule has 0 amide bonds. The second-order valence-electron chi connectivity index (χ2n) is 3.89. The van der Waals surface area contributed by atoms with Crippen LogP contribution in [0.15, 0.2) is 27.6 Å². The number of rotatable bonds is 5. The van der Waals surface area contributed by atoms with E-state index in [4.69, 9.17) is 15.0 Å². The van der Waals surface area contributed by atoms with Gasteiger partial charge < -0.3 is 15.0 Å². The SMILES string of the molecule is CCOc1ccc(N)cc1S(=O)(=O)Nc1nc(C)no1. The van der Waals surface area contributed by atoms with Crippen molar-refractivity contribution in [3.63, 3.8) is 0 Å². The van der Waals surface area contributed by atoms with Crippen molar-refractivity contribution in [3.05, 3.63) is 24.0 Å². The highest BCUT2D eigenvalue weighted by Crippen LogP contribution is 2.27. The van der Waals surface area contributed by atoms with Crippen LogP contribution >= 0.6 is 0 Å². The van der Waals surface area contributed by atoms with Gasteiger partial charge in [-0.05, 0) is 32.0 Å². The van der Waals surface area contributed by atoms with Crippen molar-refractivity contribution < 1.29 is 17.7 Å². The maximum absolute atomic E-state index is 12.3. The third-order valence-electron chi connectivity index (χ3n) is 2.31. The molecule has 0 saturated carbocycles. The first-order valence-corrected chi connectivity index (χ1v) is 7.26. The summed E-state index contributed by atoms with van der Waals surface area (Å²) >= 11 is 0. The average molecular weight is 298 g/mol. The molecule has 1 heterocycles. The maximum Gasteiger partial charge on any atom is 0.335 e. The Labute approximate surface area is 116 Å². The van der Waals surface area contributed by atoms with Gasteiger partial charge in [0.1, 0.15) is 10.6 Å². The van der Waals surface area contributed by atoms with E-state index >= 15 is 0 Å². The van der Waals surface area contributed by atoms with E-state index in [-0.39, 0.29) is 16.7 Å². The number of aromatic nitrogens is 2. The highest BCUT2D eigenvalue weighted by atomic mass is 32.2. The second-order valence-corrected chi connectivity index (χ2v) is 5.54. The molecular formula is C11H14N4O4S. The third-order valence-corrected chi connectivity index (χ3v) is 3.65. The summed E-state index contributed by atoms with van der Waals surface area (Å²) < 4.78 is 36.8. The molecule has 8 nitrogen and oxygen atoms in total. The van der Waals surface area contributed by atoms with Crippen molar-refractivity contribution in [2.75, 3.05) is 17.1 Å². The van der Waals surface area contributed by atoms with Crippen LogP contribution in [-0.2, 0) is 10.0 Å². The number of hydrogen-bond donors (Lipinski definition) is 2. The molecule has 1 aromatic heterocycles. The van der Waals surface area contributed by atoms with Crippen molar-refractivity contribution in [1.29, 1.82) is 0 Å². The average Bonchev–Trinajstić information content (AvgIpc) is 2.76. The molecule has 2 rings (SSSR count). The van der Waals surface area contributed by atoms with Crippen LogP contribution in [-0.4, -0.2) is 25.2 Å². The minimum absolute atomic E-state index is 0.0878. The first kappa shape index (κ1) is 14.1. The van der Waals surface area contributed by atoms with Crippen LogP contribution in [0.4, 0.5) is 11.7 Å². The van der Waals surface area contributed by atoms with Crippen LogP contribution < -0.4 is 15.2 Å². The number of nitrogen functional groups attached to an aromatic ring is 1. The molecule has 9 heteroatoms. The predicted octanol–water partition coefficient (Wildman–Crippen LogP) is 1.16. The molecule has 108 valence electrons. The number of aryl methyl sites for hydroxylation is 1. The van der Waals surface area contributed by atoms with Gasteiger partial charge >= 0.3 is 6.01 Å². The Morgan fingerprint density at radius 2 is 2.20 bits per heavy atom. The van der Waals surface area contributed by atoms with E-state index < -0.39 is 10.0 Å². The highest BCUT2D eigenvalue weighted by Gasteiger charge is 2.22. The molecule has 0 spiro atoms. The number of anilines is 2. The predicted molar refractivity (Wildman–Crippen MR) is 71.9 cm³/mol. The molecule has 0 unspecified atom stereocenters. The Morgan fingerprint density at radius 3 is 2.80 bits per heavy atom. The van der Waals surface area contributed by atoms with Gasteiger partial charge in [-0.25, -0.2) is 13.1 Å². The Morgan fingerprint density at radius 1 is 1.45 bits per heavy atom. The van der Waals surface area contributed by atoms with Crippen LogP contribution in [0, 0.1) is 6.92 Å². The normalized spacial score (nSPS) is 11.3. The monoisotopic (exact) mass is 298 g/mol. The van der Waals surface area contributed by atoms with E-state index in [1.807, 2.05) is 0 Å². The lowest BCUT2D eigenvalue weighted by molar-refractivity contribution is 0.331. The number of benzene rings is 1. The molecule has 0 aliphatic carbocycles. The molecule has 0 aliphatic rings. The molecule has 20 heavy (non-hydrogen) atoms. The topological polar surface area (TPSA) is 120 Å². The first-order chi connectivity index (χ1) is 9.42. The van der Waals surface area contributed by atoms with Gasteiger partial charge in [-0.2, -0.15) is 4.98 Å². The number of nitrogens with two attached hydrogens (primary N) is 1. The minimum atomic E-state index is -3.93. The van der Waals surface area contributed by atoms with Crippen molar-refractivity contribution in [2.24, 2.45) is 0 Å². The van der Waals surface area contributed by atoms with Gasteiger partial charge in [0.15, 0.2) is 5.82 Å². The summed E-state index contributed by atoms with van der Waals surface area (Å²) in [4.78, 5) is 3.69. The zero-order chi connectivity index (χ0) is 14.8. The summed E-state index contributed by atoms with van der Waals surface area (Å²) in [5.74, 6) is 0.519. The smallest absolute Gasteiger partial charge is 0.335 e. The molecule has 2 aromatic rings. The Hall–Kier alpha value is -2.29. The van der Waals surface area contributed by atoms with Crippen LogP contribution in [0.2, 0.25) is 0 Å². The molecule has 0 atom stereocenters. The lowest BCUT2D eigenvalue weighted by Crippen LogP contribution is -2.15. The summed E-state index contributed by atoms with van der Waals surface area (Å²) in [6, 6.07) is 4.14. The molecule has 0 saturated heterocycles. The van der Waals surface area contributed by atoms with E-state index in [2.05, 4.69) is 14.9 Å². The van der Waals surface area contributed by atoms with Crippen LogP contribution in [0.25, 0.3) is 0 Å². The van der Waals surface area contributed by atoms with Crippen LogP contribution in [0.3, 0.4) is 0 Å². The standard InChI is InChI=1S/C11H14N4O4S/c1-3-18-9-5-4-8(12)6-10(9)20(16,17)15-11-13-7(2)14-19-11/h4-6H,3,12H2,1-2H3,(H,13,14,15). The third kappa shape index (κ3) is 2.99. The lowest BCUT2D eigenvalue weighted by Gasteiger charge is -2.11. The van der Waals surface area contributed by atoms with Crippen molar-refractivity contribution in [3.8, 4) is 5.75 Å². The van der Waals surface area contributed by atoms with Gasteiger partial charge in [0.25, 0.3) is 10.0 Å². The highest BCUT2D eigenvalue weighted by molar-refractivity contribution is 7.92. The maximum atomic E-state index is 12.3. The second kappa shape index (κ2) is 5.37. The van der Waals surface area contributed by atoms with E-state index in [1.54, 1.807) is 19.9 Å². The zero-order valence-corrected chi connectivity index (χ0v) is 11.8. The Balaban J connectivity index is 2.40. The molecule has 0 aliphatic heterocycles. The largest absolute Gasteiger partial charge is 0.492 e. The van der Waals surface area contributed by atoms with Gasteiger partial charge in [0.05, 0.1) is 6.61 Å². The molecule has 0 fully saturated rings. The van der Waals surface area contributed by atoms with Gasteiger partial charge in [-0.3, -0.25) is 0 Å². The number of nitrogens with one attached hydrogen (secondary N) is 1. The fourth-order valence-electron chi connectivity index (χ4n) is 1.52. The van der Waals surface area contributed by atoms with E-state index in [0.29, 0.717) is 18.1 Å². The molecule has 0 radical (unpaired) electrons. The zero-order valence-electron chi connectivity index (χ0n) is 11.0. The fraction of sp³-hybridized carbons (Fsp3) is 0.273. The lowest BCUT2D eigenvalue weighted by atomic mass is 10.3. The van der Waals surface area contributed by atoms with Gasteiger partial charge in [-0.1, -0.05) is 5.16 Å². The van der Waals surface area contributed by atoms with Crippen LogP contribution in [0.5, 0.6) is 5.75 Å². The Kier molecular flexibility index (Phi) is 3.79. The summed E-state index contributed by atoms with van der Waals surface area (Å²) in [6.45, 7) is 3.65. The van der Waals surface area contributed by atoms with Gasteiger partial charge in [-0.15, -0.1) is 0 Å². The number of ether oxygens (including phenoxy) is 1. The minimum Gasteiger partial charge on any atom is -0.492 e. The summed E-state index contributed by atoms with van der Waals surface area (Å²) in [5.41, 5.74) is 5.92. The number of sulfonamides is 1. The van der Waals surface area contributed by atoms with Gasteiger partial charge in [0, 0.05) is 5.69 Å². The van der Waals surface area contributed by atoms with Crippen molar-refractivity contribution in [1.82, 2.24) is 10.1 Å². The quantitative estimate of drug-likeness (QED) is 0.794. The molecule has 0 bridgehead atoms. The molecule has 3 N–H and O–H groups in total. The number of hydrogen-bond acceptors (Lipinski definition) is 7. The van der Waals surface area contributed by atoms with Gasteiger partial charge in [0.2, 0.25) is 0 Å². The fourth-order valence-corrected chi connectivity index (χ4v) is 2.62. The number of nitrogens with zero attached hydrogens (tertiary/aromatic N) is 2. The summed E-state index contributed by atoms with van der Waals surface area (Å²) in [7, 11) is -3.93. The first-order valence-electron chi connectivity index (χ1n) is 5.78. The molecule has 1 aromatic carbocycles. The van der Waals surface area contributed by atoms with Crippen LogP contribution in [0.1, 0.15) is 12.7 Å². The van der Waals surface area contributed by atoms with E-state index in [0.717, 1.165) is 0 Å². The Bertz CT molecular complexity index is 711.